The van der Waals surface area contributed by atoms with Gasteiger partial charge >= 0.3 is 5.69 Å². The first-order chi connectivity index (χ1) is 25.0. The van der Waals surface area contributed by atoms with Gasteiger partial charge in [-0.3, -0.25) is 14.3 Å². The Morgan fingerprint density at radius 2 is 1.50 bits per heavy atom. The largest absolute Gasteiger partial charge is 0.489 e. The molecule has 52 heavy (non-hydrogen) atoms. The first-order valence-corrected chi connectivity index (χ1v) is 19.9. The van der Waals surface area contributed by atoms with Gasteiger partial charge in [-0.05, 0) is 70.8 Å². The molecule has 11 heteroatoms. The van der Waals surface area contributed by atoms with Crippen LogP contribution in [0.2, 0.25) is 5.04 Å². The summed E-state index contributed by atoms with van der Waals surface area (Å²) in [6, 6.07) is 38.7. The van der Waals surface area contributed by atoms with Crippen LogP contribution in [0.5, 0.6) is 5.75 Å². The van der Waals surface area contributed by atoms with Crippen LogP contribution in [0, 0.1) is 12.8 Å². The molecule has 1 aliphatic rings. The highest BCUT2D eigenvalue weighted by atomic mass is 32.1. The predicted molar refractivity (Wildman–Crippen MR) is 213 cm³/mol. The molecule has 0 unspecified atom stereocenters. The predicted octanol–water partition coefficient (Wildman–Crippen LogP) is 5.89. The maximum absolute atomic E-state index is 13.0. The van der Waals surface area contributed by atoms with Crippen molar-refractivity contribution in [3.63, 3.8) is 0 Å². The second-order valence-electron chi connectivity index (χ2n) is 14.2. The Kier molecular flexibility index (Phi) is 11.5. The fourth-order valence-electron chi connectivity index (χ4n) is 6.89. The zero-order chi connectivity index (χ0) is 36.7. The van der Waals surface area contributed by atoms with Crippen LogP contribution in [0.25, 0.3) is 0 Å². The van der Waals surface area contributed by atoms with Crippen molar-refractivity contribution in [2.24, 2.45) is 5.92 Å². The van der Waals surface area contributed by atoms with E-state index < -0.39 is 25.8 Å². The third kappa shape index (κ3) is 8.45. The molecule has 0 radical (unpaired) electrons. The van der Waals surface area contributed by atoms with Crippen molar-refractivity contribution in [1.29, 1.82) is 0 Å². The van der Waals surface area contributed by atoms with E-state index in [0.29, 0.717) is 36.9 Å². The molecule has 6 rings (SSSR count). The normalized spacial score (nSPS) is 17.4. The number of H-pyrrole nitrogens is 1. The van der Waals surface area contributed by atoms with Crippen molar-refractivity contribution in [3.8, 4) is 5.75 Å². The average molecular weight is 735 g/mol. The Labute approximate surface area is 311 Å². The summed E-state index contributed by atoms with van der Waals surface area (Å²) in [5.41, 5.74) is 1.45. The van der Waals surface area contributed by atoms with Crippen LogP contribution in [0.3, 0.4) is 0 Å². The van der Waals surface area contributed by atoms with Crippen LogP contribution >= 0.6 is 12.2 Å². The molecule has 5 aromatic rings. The molecule has 0 amide bonds. The summed E-state index contributed by atoms with van der Waals surface area (Å²) in [5.74, 6) is 0.690. The monoisotopic (exact) mass is 734 g/mol. The molecule has 1 aliphatic heterocycles. The quantitative estimate of drug-likeness (QED) is 0.108. The summed E-state index contributed by atoms with van der Waals surface area (Å²) in [7, 11) is -2.87. The van der Waals surface area contributed by atoms with Crippen LogP contribution in [0.1, 0.15) is 44.5 Å². The number of aryl methyl sites for hydroxylation is 1. The molecule has 0 saturated carbocycles. The van der Waals surface area contributed by atoms with E-state index in [1.165, 1.54) is 14.9 Å². The van der Waals surface area contributed by atoms with Crippen LogP contribution in [-0.2, 0) is 15.8 Å². The molecule has 1 fully saturated rings. The van der Waals surface area contributed by atoms with Gasteiger partial charge < -0.3 is 24.5 Å². The lowest BCUT2D eigenvalue weighted by Crippen LogP contribution is -2.67. The minimum atomic E-state index is -2.87. The molecule has 0 aliphatic carbocycles. The van der Waals surface area contributed by atoms with Gasteiger partial charge in [0.1, 0.15) is 18.6 Å². The van der Waals surface area contributed by atoms with E-state index in [2.05, 4.69) is 84.9 Å². The summed E-state index contributed by atoms with van der Waals surface area (Å²) in [6.45, 7) is 9.67. The highest BCUT2D eigenvalue weighted by molar-refractivity contribution is 7.80. The van der Waals surface area contributed by atoms with Gasteiger partial charge in [-0.1, -0.05) is 112 Å². The number of nitrogens with one attached hydrogen (secondary N) is 3. The highest BCUT2D eigenvalue weighted by Crippen LogP contribution is 2.39. The van der Waals surface area contributed by atoms with Crippen LogP contribution in [-0.4, -0.2) is 42.2 Å². The number of benzene rings is 4. The molecule has 0 bridgehead atoms. The second kappa shape index (κ2) is 16.2. The van der Waals surface area contributed by atoms with E-state index in [9.17, 15) is 9.59 Å². The molecule has 3 atom stereocenters. The third-order valence-electron chi connectivity index (χ3n) is 9.58. The Balaban J connectivity index is 1.19. The molecular formula is C41H46N4O5SSi. The highest BCUT2D eigenvalue weighted by Gasteiger charge is 2.51. The average Bonchev–Trinajstić information content (AvgIpc) is 3.55. The second-order valence-corrected chi connectivity index (χ2v) is 18.9. The molecule has 2 heterocycles. The molecule has 3 N–H and O–H groups in total. The summed E-state index contributed by atoms with van der Waals surface area (Å²) in [4.78, 5) is 27.6. The fraction of sp³-hybridized carbons (Fsp3) is 0.293. The van der Waals surface area contributed by atoms with Gasteiger partial charge in [0.05, 0.1) is 12.7 Å². The molecule has 1 aromatic heterocycles. The smallest absolute Gasteiger partial charge is 0.330 e. The summed E-state index contributed by atoms with van der Waals surface area (Å²) >= 11 is 5.72. The molecule has 1 saturated heterocycles. The van der Waals surface area contributed by atoms with Crippen molar-refractivity contribution in [2.75, 3.05) is 18.5 Å². The lowest BCUT2D eigenvalue weighted by atomic mass is 10.0. The number of aromatic amines is 1. The fourth-order valence-corrected chi connectivity index (χ4v) is 11.7. The van der Waals surface area contributed by atoms with Gasteiger partial charge in [0.25, 0.3) is 13.9 Å². The number of ether oxygens (including phenoxy) is 2. The summed E-state index contributed by atoms with van der Waals surface area (Å²) < 4.78 is 21.3. The van der Waals surface area contributed by atoms with Gasteiger partial charge in [0.15, 0.2) is 5.11 Å². The number of anilines is 1. The number of hydrogen-bond donors (Lipinski definition) is 3. The summed E-state index contributed by atoms with van der Waals surface area (Å²) in [5, 5.41) is 9.24. The maximum atomic E-state index is 13.0. The Morgan fingerprint density at radius 3 is 2.10 bits per heavy atom. The Hall–Kier alpha value is -4.81. The third-order valence-corrected chi connectivity index (χ3v) is 14.8. The van der Waals surface area contributed by atoms with E-state index in [4.69, 9.17) is 26.1 Å². The summed E-state index contributed by atoms with van der Waals surface area (Å²) in [6.07, 6.45) is 1.12. The van der Waals surface area contributed by atoms with E-state index in [0.717, 1.165) is 17.0 Å². The van der Waals surface area contributed by atoms with E-state index in [1.54, 1.807) is 13.1 Å². The first-order valence-electron chi connectivity index (χ1n) is 17.6. The van der Waals surface area contributed by atoms with E-state index >= 15 is 0 Å². The lowest BCUT2D eigenvalue weighted by Gasteiger charge is -2.43. The number of nitrogens with zero attached hydrogens (tertiary/aromatic N) is 1. The molecule has 4 aromatic carbocycles. The van der Waals surface area contributed by atoms with Crippen molar-refractivity contribution < 1.29 is 13.9 Å². The Bertz CT molecular complexity index is 2010. The van der Waals surface area contributed by atoms with Gasteiger partial charge in [0.2, 0.25) is 0 Å². The SMILES string of the molecule is Cc1cn([C@H]2C[C@H](CNC(=S)Nc3ccc(OCc4ccccc4)cc3)[C@@H](CO[Si](c3ccccc3)(c3ccccc3)C(C)(C)C)O2)c(=O)[nH]c1=O. The number of thiocarbonyl (C=S) groups is 1. The van der Waals surface area contributed by atoms with Gasteiger partial charge in [-0.25, -0.2) is 4.79 Å². The van der Waals surface area contributed by atoms with Crippen molar-refractivity contribution in [3.05, 3.63) is 153 Å². The molecule has 9 nitrogen and oxygen atoms in total. The minimum absolute atomic E-state index is 0.0733. The van der Waals surface area contributed by atoms with Gasteiger partial charge in [-0.2, -0.15) is 0 Å². The minimum Gasteiger partial charge on any atom is -0.489 e. The van der Waals surface area contributed by atoms with Crippen LogP contribution in [0.4, 0.5) is 5.69 Å². The number of rotatable bonds is 12. The number of hydrogen-bond acceptors (Lipinski definition) is 6. The van der Waals surface area contributed by atoms with Crippen molar-refractivity contribution >= 4 is 41.7 Å². The van der Waals surface area contributed by atoms with E-state index in [-0.39, 0.29) is 17.1 Å². The van der Waals surface area contributed by atoms with Crippen LogP contribution < -0.4 is 37.0 Å². The van der Waals surface area contributed by atoms with Gasteiger partial charge in [0, 0.05) is 29.9 Å². The zero-order valence-corrected chi connectivity index (χ0v) is 31.8. The zero-order valence-electron chi connectivity index (χ0n) is 30.0. The van der Waals surface area contributed by atoms with Gasteiger partial charge in [-0.15, -0.1) is 0 Å². The van der Waals surface area contributed by atoms with Crippen LogP contribution in [0.15, 0.2) is 131 Å². The van der Waals surface area contributed by atoms with Crippen molar-refractivity contribution in [1.82, 2.24) is 14.9 Å². The lowest BCUT2D eigenvalue weighted by molar-refractivity contribution is -0.0290. The van der Waals surface area contributed by atoms with E-state index in [1.807, 2.05) is 66.7 Å². The maximum Gasteiger partial charge on any atom is 0.330 e. The molecule has 270 valence electrons. The first kappa shape index (κ1) is 37.0. The molecular weight excluding hydrogens is 689 g/mol. The Morgan fingerprint density at radius 1 is 0.904 bits per heavy atom. The standard InChI is InChI=1S/C41H46N4O5SSi/c1-29-26-45(40(47)44-38(29)46)37-24-31(25-42-39(51)43-32-20-22-33(23-21-32)48-27-30-14-8-5-9-15-30)36(50-37)28-49-52(41(2,3)4,34-16-10-6-11-17-34)35-18-12-7-13-19-35/h5-23,26,31,36-37H,24-25,27-28H2,1-4H3,(H2,42,43,51)(H,44,46,47)/t31-,36-,37-/m1/s1. The topological polar surface area (TPSA) is 107 Å². The number of aromatic nitrogens is 2. The molecule has 0 spiro atoms. The van der Waals surface area contributed by atoms with Crippen molar-refractivity contribution in [2.45, 2.75) is 58.1 Å².